The number of hydrogen-bond acceptors (Lipinski definition) is 5. The van der Waals surface area contributed by atoms with Crippen molar-refractivity contribution in [3.63, 3.8) is 0 Å². The molecule has 2 aliphatic rings. The summed E-state index contributed by atoms with van der Waals surface area (Å²) in [5, 5.41) is 13.8. The number of hydrogen-bond donors (Lipinski definition) is 1. The first-order valence-corrected chi connectivity index (χ1v) is 9.23. The van der Waals surface area contributed by atoms with E-state index in [9.17, 15) is 4.79 Å². The number of nitrogens with zero attached hydrogens (tertiary/aromatic N) is 2. The van der Waals surface area contributed by atoms with Crippen molar-refractivity contribution >= 4 is 33.3 Å². The Labute approximate surface area is 143 Å². The first kappa shape index (κ1) is 14.2. The minimum atomic E-state index is -0.0725. The van der Waals surface area contributed by atoms with Crippen LogP contribution < -0.4 is 5.32 Å². The van der Waals surface area contributed by atoms with Crippen LogP contribution in [0.1, 0.15) is 46.9 Å². The molecule has 0 aliphatic heterocycles. The molecule has 122 valence electrons. The lowest BCUT2D eigenvalue weighted by Crippen LogP contribution is -2.14. The molecule has 0 spiro atoms. The topological polar surface area (TPSA) is 68.0 Å². The maximum atomic E-state index is 12.3. The van der Waals surface area contributed by atoms with Gasteiger partial charge in [-0.2, -0.15) is 0 Å². The van der Waals surface area contributed by atoms with Crippen molar-refractivity contribution in [2.45, 2.75) is 44.4 Å². The molecule has 1 aromatic carbocycles. The van der Waals surface area contributed by atoms with E-state index >= 15 is 0 Å². The number of rotatable bonds is 4. The summed E-state index contributed by atoms with van der Waals surface area (Å²) in [6.45, 7) is 0. The summed E-state index contributed by atoms with van der Waals surface area (Å²) in [5.41, 5.74) is 4.59. The van der Waals surface area contributed by atoms with Gasteiger partial charge in [-0.3, -0.25) is 4.79 Å². The number of amides is 1. The van der Waals surface area contributed by atoms with E-state index in [4.69, 9.17) is 4.42 Å². The molecule has 1 fully saturated rings. The summed E-state index contributed by atoms with van der Waals surface area (Å²) in [7, 11) is 0. The Morgan fingerprint density at radius 2 is 2.08 bits per heavy atom. The highest BCUT2D eigenvalue weighted by Crippen LogP contribution is 2.42. The lowest BCUT2D eigenvalue weighted by Gasteiger charge is -2.02. The van der Waals surface area contributed by atoms with E-state index in [1.165, 1.54) is 41.7 Å². The van der Waals surface area contributed by atoms with Crippen LogP contribution in [0.5, 0.6) is 0 Å². The molecule has 0 bridgehead atoms. The minimum absolute atomic E-state index is 0.0725. The summed E-state index contributed by atoms with van der Waals surface area (Å²) >= 11 is 1.49. The van der Waals surface area contributed by atoms with E-state index in [2.05, 4.69) is 27.6 Å². The van der Waals surface area contributed by atoms with Gasteiger partial charge in [0, 0.05) is 16.9 Å². The molecule has 2 heterocycles. The van der Waals surface area contributed by atoms with E-state index in [-0.39, 0.29) is 5.91 Å². The second-order valence-corrected chi connectivity index (χ2v) is 7.69. The summed E-state index contributed by atoms with van der Waals surface area (Å²) < 4.78 is 5.66. The number of carbonyl (C=O) groups is 1. The number of anilines is 1. The van der Waals surface area contributed by atoms with Crippen LogP contribution in [0.25, 0.3) is 11.0 Å². The predicted molar refractivity (Wildman–Crippen MR) is 92.5 cm³/mol. The number of aryl methyl sites for hydroxylation is 2. The summed E-state index contributed by atoms with van der Waals surface area (Å²) in [6.07, 6.45) is 7.83. The second kappa shape index (κ2) is 5.41. The SMILES string of the molecule is O=C(Cc1coc2cc3c(cc12)CCC3)Nc1nnc(C2CC2)s1. The third kappa shape index (κ3) is 2.51. The van der Waals surface area contributed by atoms with E-state index < -0.39 is 0 Å². The number of furan rings is 1. The van der Waals surface area contributed by atoms with Gasteiger partial charge in [-0.1, -0.05) is 11.3 Å². The molecule has 2 aromatic heterocycles. The molecule has 0 atom stereocenters. The standard InChI is InChI=1S/C18H17N3O2S/c22-16(19-18-21-20-17(24-18)10-4-5-10)8-13-9-23-15-7-12-3-1-2-11(12)6-14(13)15/h6-7,9-10H,1-5,8H2,(H,19,21,22). The Balaban J connectivity index is 1.34. The Bertz CT molecular complexity index is 939. The molecule has 0 saturated heterocycles. The third-order valence-corrected chi connectivity index (χ3v) is 5.83. The maximum Gasteiger partial charge on any atom is 0.230 e. The Morgan fingerprint density at radius 1 is 1.25 bits per heavy atom. The minimum Gasteiger partial charge on any atom is -0.464 e. The van der Waals surface area contributed by atoms with E-state index in [0.29, 0.717) is 17.5 Å². The van der Waals surface area contributed by atoms with Gasteiger partial charge in [-0.05, 0) is 55.4 Å². The quantitative estimate of drug-likeness (QED) is 0.784. The van der Waals surface area contributed by atoms with Crippen molar-refractivity contribution < 1.29 is 9.21 Å². The zero-order chi connectivity index (χ0) is 16.1. The highest BCUT2D eigenvalue weighted by molar-refractivity contribution is 7.15. The highest BCUT2D eigenvalue weighted by Gasteiger charge is 2.27. The van der Waals surface area contributed by atoms with E-state index in [1.54, 1.807) is 6.26 Å². The van der Waals surface area contributed by atoms with Gasteiger partial charge < -0.3 is 9.73 Å². The Morgan fingerprint density at radius 3 is 2.92 bits per heavy atom. The van der Waals surface area contributed by atoms with Crippen molar-refractivity contribution in [3.05, 3.63) is 40.1 Å². The number of fused-ring (bicyclic) bond motifs is 2. The number of carbonyl (C=O) groups excluding carboxylic acids is 1. The zero-order valence-corrected chi connectivity index (χ0v) is 14.0. The fraction of sp³-hybridized carbons (Fsp3) is 0.389. The molecule has 24 heavy (non-hydrogen) atoms. The van der Waals surface area contributed by atoms with Gasteiger partial charge in [0.25, 0.3) is 0 Å². The van der Waals surface area contributed by atoms with Gasteiger partial charge in [0.05, 0.1) is 12.7 Å². The molecule has 5 nitrogen and oxygen atoms in total. The van der Waals surface area contributed by atoms with Gasteiger partial charge in [-0.15, -0.1) is 10.2 Å². The molecule has 1 saturated carbocycles. The molecule has 0 unspecified atom stereocenters. The molecule has 1 N–H and O–H groups in total. The van der Waals surface area contributed by atoms with Gasteiger partial charge in [0.15, 0.2) is 0 Å². The molecule has 6 heteroatoms. The first-order chi connectivity index (χ1) is 11.8. The average Bonchev–Trinajstić information content (AvgIpc) is 2.98. The van der Waals surface area contributed by atoms with Gasteiger partial charge in [-0.25, -0.2) is 0 Å². The van der Waals surface area contributed by atoms with Crippen LogP contribution in [0.4, 0.5) is 5.13 Å². The Hall–Kier alpha value is -2.21. The van der Waals surface area contributed by atoms with Gasteiger partial charge in [0.1, 0.15) is 10.6 Å². The summed E-state index contributed by atoms with van der Waals surface area (Å²) in [4.78, 5) is 12.3. The monoisotopic (exact) mass is 339 g/mol. The Kier molecular flexibility index (Phi) is 3.19. The molecule has 2 aliphatic carbocycles. The normalized spacial score (nSPS) is 16.5. The van der Waals surface area contributed by atoms with Crippen LogP contribution in [0, 0.1) is 0 Å². The molecule has 1 amide bonds. The average molecular weight is 339 g/mol. The van der Waals surface area contributed by atoms with Crippen LogP contribution in [0.3, 0.4) is 0 Å². The fourth-order valence-electron chi connectivity index (χ4n) is 3.40. The molecule has 0 radical (unpaired) electrons. The second-order valence-electron chi connectivity index (χ2n) is 6.68. The summed E-state index contributed by atoms with van der Waals surface area (Å²) in [5.74, 6) is 0.491. The van der Waals surface area contributed by atoms with Crippen molar-refractivity contribution in [1.29, 1.82) is 0 Å². The largest absolute Gasteiger partial charge is 0.464 e. The molecule has 3 aromatic rings. The van der Waals surface area contributed by atoms with Crippen molar-refractivity contribution in [2.24, 2.45) is 0 Å². The van der Waals surface area contributed by atoms with Crippen LogP contribution in [-0.4, -0.2) is 16.1 Å². The molecular formula is C18H17N3O2S. The number of benzene rings is 1. The van der Waals surface area contributed by atoms with E-state index in [0.717, 1.165) is 34.4 Å². The van der Waals surface area contributed by atoms with E-state index in [1.807, 2.05) is 0 Å². The smallest absolute Gasteiger partial charge is 0.230 e. The fourth-order valence-corrected chi connectivity index (χ4v) is 4.33. The van der Waals surface area contributed by atoms with Crippen LogP contribution >= 0.6 is 11.3 Å². The summed E-state index contributed by atoms with van der Waals surface area (Å²) in [6, 6.07) is 4.33. The highest BCUT2D eigenvalue weighted by atomic mass is 32.1. The number of nitrogens with one attached hydrogen (secondary N) is 1. The van der Waals surface area contributed by atoms with Gasteiger partial charge >= 0.3 is 0 Å². The molecule has 5 rings (SSSR count). The van der Waals surface area contributed by atoms with Crippen molar-refractivity contribution in [3.8, 4) is 0 Å². The number of aromatic nitrogens is 2. The lowest BCUT2D eigenvalue weighted by atomic mass is 10.0. The van der Waals surface area contributed by atoms with Crippen LogP contribution in [0.15, 0.2) is 22.8 Å². The van der Waals surface area contributed by atoms with Crippen molar-refractivity contribution in [2.75, 3.05) is 5.32 Å². The van der Waals surface area contributed by atoms with Gasteiger partial charge in [0.2, 0.25) is 11.0 Å². The first-order valence-electron chi connectivity index (χ1n) is 8.41. The molecular weight excluding hydrogens is 322 g/mol. The zero-order valence-electron chi connectivity index (χ0n) is 13.2. The van der Waals surface area contributed by atoms with Crippen LogP contribution in [0.2, 0.25) is 0 Å². The maximum absolute atomic E-state index is 12.3. The lowest BCUT2D eigenvalue weighted by molar-refractivity contribution is -0.115. The predicted octanol–water partition coefficient (Wildman–Crippen LogP) is 3.83. The van der Waals surface area contributed by atoms with Crippen LogP contribution in [-0.2, 0) is 24.1 Å². The third-order valence-electron chi connectivity index (χ3n) is 4.83. The van der Waals surface area contributed by atoms with Crippen molar-refractivity contribution in [1.82, 2.24) is 10.2 Å².